The highest BCUT2D eigenvalue weighted by Gasteiger charge is 2.18. The molecule has 1 aliphatic rings. The first-order chi connectivity index (χ1) is 12.3. The highest BCUT2D eigenvalue weighted by Crippen LogP contribution is 2.35. The van der Waals surface area contributed by atoms with E-state index in [1.165, 1.54) is 33.4 Å². The van der Waals surface area contributed by atoms with E-state index in [4.69, 9.17) is 4.98 Å². The van der Waals surface area contributed by atoms with Crippen LogP contribution in [0.15, 0.2) is 73.3 Å². The van der Waals surface area contributed by atoms with Gasteiger partial charge in [0.2, 0.25) is 0 Å². The predicted molar refractivity (Wildman–Crippen MR) is 102 cm³/mol. The first-order valence-corrected chi connectivity index (χ1v) is 8.48. The Labute approximate surface area is 147 Å². The third-order valence-corrected chi connectivity index (χ3v) is 4.92. The SMILES string of the molecule is Cc1ccccc1-c1cnc2c(c1)C(c1ccc3nccn3c1)=CC2.[HH]. The van der Waals surface area contributed by atoms with Crippen molar-refractivity contribution in [1.82, 2.24) is 14.4 Å². The normalized spacial score (nSPS) is 13.1. The minimum atomic E-state index is 0. The smallest absolute Gasteiger partial charge is 0.136 e. The summed E-state index contributed by atoms with van der Waals surface area (Å²) in [4.78, 5) is 9.06. The summed E-state index contributed by atoms with van der Waals surface area (Å²) in [5.41, 5.74) is 9.50. The molecule has 1 aromatic carbocycles. The average molecular weight is 325 g/mol. The van der Waals surface area contributed by atoms with Gasteiger partial charge >= 0.3 is 0 Å². The van der Waals surface area contributed by atoms with Crippen LogP contribution < -0.4 is 0 Å². The first-order valence-electron chi connectivity index (χ1n) is 8.48. The zero-order chi connectivity index (χ0) is 16.8. The van der Waals surface area contributed by atoms with Crippen molar-refractivity contribution in [2.24, 2.45) is 0 Å². The number of aryl methyl sites for hydroxylation is 1. The Hall–Kier alpha value is -3.20. The van der Waals surface area contributed by atoms with Crippen LogP contribution in [0.2, 0.25) is 0 Å². The number of benzene rings is 1. The van der Waals surface area contributed by atoms with E-state index in [0.29, 0.717) is 0 Å². The van der Waals surface area contributed by atoms with Gasteiger partial charge in [0.1, 0.15) is 5.65 Å². The van der Waals surface area contributed by atoms with Crippen LogP contribution in [0.3, 0.4) is 0 Å². The van der Waals surface area contributed by atoms with Gasteiger partial charge in [0.15, 0.2) is 0 Å². The van der Waals surface area contributed by atoms with Gasteiger partial charge in [0.05, 0.1) is 5.69 Å². The van der Waals surface area contributed by atoms with Crippen LogP contribution in [0, 0.1) is 6.92 Å². The summed E-state index contributed by atoms with van der Waals surface area (Å²) in [6.07, 6.45) is 11.1. The summed E-state index contributed by atoms with van der Waals surface area (Å²) in [5.74, 6) is 0. The first kappa shape index (κ1) is 14.2. The molecule has 0 spiro atoms. The number of fused-ring (bicyclic) bond motifs is 2. The van der Waals surface area contributed by atoms with Crippen molar-refractivity contribution < 1.29 is 1.43 Å². The molecule has 0 unspecified atom stereocenters. The molecule has 0 saturated carbocycles. The summed E-state index contributed by atoms with van der Waals surface area (Å²) >= 11 is 0. The van der Waals surface area contributed by atoms with Gasteiger partial charge in [-0.25, -0.2) is 4.98 Å². The largest absolute Gasteiger partial charge is 0.306 e. The van der Waals surface area contributed by atoms with Gasteiger partial charge in [-0.05, 0) is 47.4 Å². The van der Waals surface area contributed by atoms with E-state index in [1.807, 2.05) is 18.6 Å². The van der Waals surface area contributed by atoms with E-state index in [-0.39, 0.29) is 1.43 Å². The molecule has 3 heteroatoms. The number of imidazole rings is 1. The molecule has 3 nitrogen and oxygen atoms in total. The monoisotopic (exact) mass is 325 g/mol. The lowest BCUT2D eigenvalue weighted by Gasteiger charge is -2.10. The summed E-state index contributed by atoms with van der Waals surface area (Å²) in [7, 11) is 0. The summed E-state index contributed by atoms with van der Waals surface area (Å²) in [5, 5.41) is 0. The molecule has 122 valence electrons. The van der Waals surface area contributed by atoms with Crippen molar-refractivity contribution >= 4 is 11.2 Å². The summed E-state index contributed by atoms with van der Waals surface area (Å²) in [6.45, 7) is 2.15. The number of hydrogen-bond donors (Lipinski definition) is 0. The second-order valence-electron chi connectivity index (χ2n) is 6.47. The van der Waals surface area contributed by atoms with Gasteiger partial charge in [0, 0.05) is 43.8 Å². The van der Waals surface area contributed by atoms with Gasteiger partial charge in [-0.15, -0.1) is 0 Å². The second-order valence-corrected chi connectivity index (χ2v) is 6.47. The van der Waals surface area contributed by atoms with Crippen LogP contribution in [-0.2, 0) is 6.42 Å². The van der Waals surface area contributed by atoms with Crippen LogP contribution >= 0.6 is 0 Å². The summed E-state index contributed by atoms with van der Waals surface area (Å²) in [6, 6.07) is 14.9. The lowest BCUT2D eigenvalue weighted by atomic mass is 9.97. The Bertz CT molecular complexity index is 1140. The van der Waals surface area contributed by atoms with Crippen molar-refractivity contribution in [2.75, 3.05) is 0 Å². The van der Waals surface area contributed by atoms with E-state index in [2.05, 4.69) is 71.0 Å². The highest BCUT2D eigenvalue weighted by molar-refractivity contribution is 5.86. The maximum absolute atomic E-state index is 4.73. The fourth-order valence-corrected chi connectivity index (χ4v) is 3.59. The zero-order valence-electron chi connectivity index (χ0n) is 14.0. The van der Waals surface area contributed by atoms with E-state index in [1.54, 1.807) is 0 Å². The molecule has 3 heterocycles. The van der Waals surface area contributed by atoms with Crippen molar-refractivity contribution in [3.8, 4) is 11.1 Å². The maximum atomic E-state index is 4.73. The van der Waals surface area contributed by atoms with Gasteiger partial charge in [0.25, 0.3) is 0 Å². The molecule has 3 aromatic heterocycles. The van der Waals surface area contributed by atoms with Crippen LogP contribution in [0.25, 0.3) is 22.3 Å². The number of aromatic nitrogens is 3. The fraction of sp³-hybridized carbons (Fsp3) is 0.0909. The Morgan fingerprint density at radius 1 is 1.00 bits per heavy atom. The molecule has 0 saturated heterocycles. The average Bonchev–Trinajstić information content (AvgIpc) is 3.27. The molecule has 1 aliphatic carbocycles. The number of rotatable bonds is 2. The van der Waals surface area contributed by atoms with E-state index in [9.17, 15) is 0 Å². The molecule has 5 rings (SSSR count). The zero-order valence-corrected chi connectivity index (χ0v) is 14.0. The molecular weight excluding hydrogens is 306 g/mol. The molecule has 0 amide bonds. The minimum absolute atomic E-state index is 0. The highest BCUT2D eigenvalue weighted by atomic mass is 15.0. The number of hydrogen-bond acceptors (Lipinski definition) is 2. The predicted octanol–water partition coefficient (Wildman–Crippen LogP) is 4.94. The lowest BCUT2D eigenvalue weighted by molar-refractivity contribution is 1.13. The molecule has 0 fully saturated rings. The molecule has 0 radical (unpaired) electrons. The van der Waals surface area contributed by atoms with Crippen molar-refractivity contribution in [2.45, 2.75) is 13.3 Å². The van der Waals surface area contributed by atoms with E-state index in [0.717, 1.165) is 17.8 Å². The van der Waals surface area contributed by atoms with Gasteiger partial charge in [-0.3, -0.25) is 4.98 Å². The van der Waals surface area contributed by atoms with Crippen LogP contribution in [0.4, 0.5) is 0 Å². The second kappa shape index (κ2) is 5.42. The molecule has 0 aliphatic heterocycles. The fourth-order valence-electron chi connectivity index (χ4n) is 3.59. The number of pyridine rings is 2. The number of allylic oxidation sites excluding steroid dienone is 1. The topological polar surface area (TPSA) is 30.2 Å². The molecule has 0 bridgehead atoms. The summed E-state index contributed by atoms with van der Waals surface area (Å²) < 4.78 is 2.06. The Kier molecular flexibility index (Phi) is 3.07. The molecule has 0 atom stereocenters. The molecule has 25 heavy (non-hydrogen) atoms. The molecule has 0 N–H and O–H groups in total. The molecular formula is C22H19N3. The van der Waals surface area contributed by atoms with Crippen molar-refractivity contribution in [3.63, 3.8) is 0 Å². The quantitative estimate of drug-likeness (QED) is 0.522. The Balaban J connectivity index is 0.00000168. The van der Waals surface area contributed by atoms with Gasteiger partial charge in [-0.2, -0.15) is 0 Å². The molecule has 4 aromatic rings. The number of nitrogens with zero attached hydrogens (tertiary/aromatic N) is 3. The van der Waals surface area contributed by atoms with Gasteiger partial charge < -0.3 is 4.40 Å². The third-order valence-electron chi connectivity index (χ3n) is 4.92. The van der Waals surface area contributed by atoms with Crippen LogP contribution in [0.5, 0.6) is 0 Å². The van der Waals surface area contributed by atoms with Crippen molar-refractivity contribution in [3.05, 3.63) is 95.7 Å². The third kappa shape index (κ3) is 2.28. The maximum Gasteiger partial charge on any atom is 0.136 e. The minimum Gasteiger partial charge on any atom is -0.306 e. The van der Waals surface area contributed by atoms with Gasteiger partial charge in [-0.1, -0.05) is 30.3 Å². The Morgan fingerprint density at radius 3 is 2.84 bits per heavy atom. The Morgan fingerprint density at radius 2 is 1.92 bits per heavy atom. The standard InChI is InChI=1S/C22H17N3.H2/c1-15-4-2-3-5-18(15)17-12-20-19(7-8-21(20)24-13-17)16-6-9-22-23-10-11-25(22)14-16;/h2-7,9-14H,8H2,1H3;1H. The van der Waals surface area contributed by atoms with E-state index >= 15 is 0 Å². The lowest BCUT2D eigenvalue weighted by Crippen LogP contribution is -1.94. The van der Waals surface area contributed by atoms with E-state index < -0.39 is 0 Å². The van der Waals surface area contributed by atoms with Crippen LogP contribution in [0.1, 0.15) is 23.8 Å². The van der Waals surface area contributed by atoms with Crippen LogP contribution in [-0.4, -0.2) is 14.4 Å². The van der Waals surface area contributed by atoms with Crippen molar-refractivity contribution in [1.29, 1.82) is 0 Å².